The van der Waals surface area contributed by atoms with Crippen LogP contribution in [-0.2, 0) is 28.9 Å². The number of hydrogen-bond donors (Lipinski definition) is 1. The van der Waals surface area contributed by atoms with Gasteiger partial charge in [-0.15, -0.1) is 0 Å². The minimum Gasteiger partial charge on any atom is -0.465 e. The van der Waals surface area contributed by atoms with Crippen molar-refractivity contribution in [2.45, 2.75) is 58.5 Å². The lowest BCUT2D eigenvalue weighted by Crippen LogP contribution is -2.56. The number of nitrogens with one attached hydrogen (secondary N) is 1. The number of aryl methyl sites for hydroxylation is 2. The van der Waals surface area contributed by atoms with E-state index < -0.39 is 5.54 Å². The van der Waals surface area contributed by atoms with Crippen LogP contribution in [0.2, 0.25) is 0 Å². The highest BCUT2D eigenvalue weighted by Crippen LogP contribution is 2.41. The summed E-state index contributed by atoms with van der Waals surface area (Å²) in [5.74, 6) is 1.90. The summed E-state index contributed by atoms with van der Waals surface area (Å²) in [6.07, 6.45) is 3.71. The second-order valence-electron chi connectivity index (χ2n) is 5.53. The van der Waals surface area contributed by atoms with E-state index in [1.165, 1.54) is 0 Å². The minimum absolute atomic E-state index is 0.175. The molecule has 6 nitrogen and oxygen atoms in total. The van der Waals surface area contributed by atoms with Crippen LogP contribution in [0.4, 0.5) is 0 Å². The highest BCUT2D eigenvalue weighted by atomic mass is 16.5. The van der Waals surface area contributed by atoms with Crippen LogP contribution in [0.3, 0.4) is 0 Å². The van der Waals surface area contributed by atoms with E-state index in [-0.39, 0.29) is 5.97 Å². The Morgan fingerprint density at radius 2 is 2.10 bits per heavy atom. The van der Waals surface area contributed by atoms with E-state index in [9.17, 15) is 4.79 Å². The summed E-state index contributed by atoms with van der Waals surface area (Å²) in [4.78, 5) is 17.0. The summed E-state index contributed by atoms with van der Waals surface area (Å²) in [6.45, 7) is 6.82. The predicted octanol–water partition coefficient (Wildman–Crippen LogP) is 1.33. The smallest absolute Gasteiger partial charge is 0.328 e. The van der Waals surface area contributed by atoms with E-state index in [0.29, 0.717) is 19.1 Å². The number of rotatable bonds is 8. The lowest BCUT2D eigenvalue weighted by Gasteiger charge is -2.31. The third kappa shape index (κ3) is 3.10. The van der Waals surface area contributed by atoms with Crippen molar-refractivity contribution in [1.82, 2.24) is 20.1 Å². The standard InChI is InChI=1S/C15H26N4O2/c1-5-12-17-13(6-2)19(18-12)10-15(16-4,11-8-9-11)14(20)21-7-3/h11,16H,5-10H2,1-4H3. The second kappa shape index (κ2) is 6.56. The van der Waals surface area contributed by atoms with E-state index in [1.807, 2.05) is 25.6 Å². The van der Waals surface area contributed by atoms with Crippen molar-refractivity contribution in [1.29, 1.82) is 0 Å². The lowest BCUT2D eigenvalue weighted by molar-refractivity contribution is -0.153. The first kappa shape index (κ1) is 15.9. The van der Waals surface area contributed by atoms with Crippen LogP contribution in [-0.4, -0.2) is 39.9 Å². The molecule has 1 atom stereocenters. The molecular formula is C15H26N4O2. The summed E-state index contributed by atoms with van der Waals surface area (Å²) in [5.41, 5.74) is -0.682. The first-order chi connectivity index (χ1) is 10.1. The average Bonchev–Trinajstić information content (AvgIpc) is 3.26. The average molecular weight is 294 g/mol. The molecule has 1 aliphatic rings. The summed E-state index contributed by atoms with van der Waals surface area (Å²) < 4.78 is 7.20. The second-order valence-corrected chi connectivity index (χ2v) is 5.53. The molecule has 1 heterocycles. The molecule has 1 aromatic rings. The van der Waals surface area contributed by atoms with Gasteiger partial charge in [0.1, 0.15) is 11.4 Å². The highest BCUT2D eigenvalue weighted by Gasteiger charge is 2.52. The molecule has 0 aromatic carbocycles. The Bertz CT molecular complexity index is 496. The van der Waals surface area contributed by atoms with Crippen molar-refractivity contribution in [3.63, 3.8) is 0 Å². The van der Waals surface area contributed by atoms with Crippen molar-refractivity contribution >= 4 is 5.97 Å². The number of aromatic nitrogens is 3. The van der Waals surface area contributed by atoms with Gasteiger partial charge in [0.25, 0.3) is 0 Å². The molecule has 1 aliphatic carbocycles. The number of hydrogen-bond acceptors (Lipinski definition) is 5. The fourth-order valence-electron chi connectivity index (χ4n) is 2.78. The number of likely N-dealkylation sites (N-methyl/N-ethyl adjacent to an activating group) is 1. The Balaban J connectivity index is 2.30. The molecule has 1 saturated carbocycles. The monoisotopic (exact) mass is 294 g/mol. The fourth-order valence-corrected chi connectivity index (χ4v) is 2.78. The van der Waals surface area contributed by atoms with Crippen molar-refractivity contribution in [3.8, 4) is 0 Å². The minimum atomic E-state index is -0.682. The topological polar surface area (TPSA) is 69.0 Å². The molecular weight excluding hydrogens is 268 g/mol. The normalized spacial score (nSPS) is 17.5. The Morgan fingerprint density at radius 1 is 1.38 bits per heavy atom. The van der Waals surface area contributed by atoms with E-state index >= 15 is 0 Å². The molecule has 1 unspecified atom stereocenters. The van der Waals surface area contributed by atoms with Gasteiger partial charge in [-0.2, -0.15) is 5.10 Å². The molecule has 6 heteroatoms. The largest absolute Gasteiger partial charge is 0.465 e. The predicted molar refractivity (Wildman–Crippen MR) is 79.9 cm³/mol. The lowest BCUT2D eigenvalue weighted by atomic mass is 9.93. The maximum absolute atomic E-state index is 12.5. The molecule has 0 bridgehead atoms. The van der Waals surface area contributed by atoms with Gasteiger partial charge in [0.2, 0.25) is 0 Å². The third-order valence-corrected chi connectivity index (χ3v) is 4.18. The SMILES string of the molecule is CCOC(=O)C(Cn1nc(CC)nc1CC)(NC)C1CC1. The van der Waals surface area contributed by atoms with Crippen LogP contribution in [0.15, 0.2) is 0 Å². The molecule has 0 radical (unpaired) electrons. The molecule has 2 rings (SSSR count). The quantitative estimate of drug-likeness (QED) is 0.733. The number of carbonyl (C=O) groups is 1. The van der Waals surface area contributed by atoms with Crippen molar-refractivity contribution in [3.05, 3.63) is 11.6 Å². The van der Waals surface area contributed by atoms with E-state index in [4.69, 9.17) is 4.74 Å². The molecule has 0 saturated heterocycles. The number of nitrogens with zero attached hydrogens (tertiary/aromatic N) is 3. The van der Waals surface area contributed by atoms with Gasteiger partial charge < -0.3 is 10.1 Å². The number of ether oxygens (including phenoxy) is 1. The molecule has 1 fully saturated rings. The Kier molecular flexibility index (Phi) is 4.98. The van der Waals surface area contributed by atoms with Gasteiger partial charge >= 0.3 is 5.97 Å². The molecule has 118 valence electrons. The molecule has 0 spiro atoms. The van der Waals surface area contributed by atoms with E-state index in [2.05, 4.69) is 22.3 Å². The summed E-state index contributed by atoms with van der Waals surface area (Å²) in [7, 11) is 1.83. The van der Waals surface area contributed by atoms with Crippen molar-refractivity contribution < 1.29 is 9.53 Å². The van der Waals surface area contributed by atoms with Crippen LogP contribution < -0.4 is 5.32 Å². The van der Waals surface area contributed by atoms with Crippen LogP contribution in [0.1, 0.15) is 45.3 Å². The van der Waals surface area contributed by atoms with Crippen LogP contribution in [0.25, 0.3) is 0 Å². The van der Waals surface area contributed by atoms with E-state index in [0.717, 1.165) is 37.3 Å². The molecule has 0 amide bonds. The van der Waals surface area contributed by atoms with Crippen LogP contribution >= 0.6 is 0 Å². The number of carbonyl (C=O) groups excluding carboxylic acids is 1. The van der Waals surface area contributed by atoms with Crippen molar-refractivity contribution in [2.75, 3.05) is 13.7 Å². The maximum atomic E-state index is 12.5. The van der Waals surface area contributed by atoms with Gasteiger partial charge in [-0.05, 0) is 32.7 Å². The fraction of sp³-hybridized carbons (Fsp3) is 0.800. The van der Waals surface area contributed by atoms with Gasteiger partial charge in [0.15, 0.2) is 5.82 Å². The summed E-state index contributed by atoms with van der Waals surface area (Å²) in [6, 6.07) is 0. The van der Waals surface area contributed by atoms with E-state index in [1.54, 1.807) is 0 Å². The zero-order valence-corrected chi connectivity index (χ0v) is 13.5. The van der Waals surface area contributed by atoms with Crippen LogP contribution in [0.5, 0.6) is 0 Å². The van der Waals surface area contributed by atoms with Gasteiger partial charge in [-0.1, -0.05) is 13.8 Å². The van der Waals surface area contributed by atoms with Gasteiger partial charge in [0, 0.05) is 12.8 Å². The Hall–Kier alpha value is -1.43. The summed E-state index contributed by atoms with van der Waals surface area (Å²) in [5, 5.41) is 7.77. The van der Waals surface area contributed by atoms with Gasteiger partial charge in [0.05, 0.1) is 13.2 Å². The Morgan fingerprint density at radius 3 is 2.57 bits per heavy atom. The zero-order chi connectivity index (χ0) is 15.5. The highest BCUT2D eigenvalue weighted by molar-refractivity contribution is 5.81. The first-order valence-electron chi connectivity index (χ1n) is 7.89. The molecule has 0 aliphatic heterocycles. The number of esters is 1. The first-order valence-corrected chi connectivity index (χ1v) is 7.89. The molecule has 1 aromatic heterocycles. The molecule has 1 N–H and O–H groups in total. The Labute approximate surface area is 126 Å². The molecule has 21 heavy (non-hydrogen) atoms. The van der Waals surface area contributed by atoms with Crippen LogP contribution in [0, 0.1) is 5.92 Å². The zero-order valence-electron chi connectivity index (χ0n) is 13.5. The van der Waals surface area contributed by atoms with Gasteiger partial charge in [-0.25, -0.2) is 14.5 Å². The summed E-state index contributed by atoms with van der Waals surface area (Å²) >= 11 is 0. The third-order valence-electron chi connectivity index (χ3n) is 4.18. The van der Waals surface area contributed by atoms with Crippen molar-refractivity contribution in [2.24, 2.45) is 5.92 Å². The maximum Gasteiger partial charge on any atom is 0.328 e. The van der Waals surface area contributed by atoms with Gasteiger partial charge in [-0.3, -0.25) is 0 Å².